The Kier molecular flexibility index (Phi) is 2.00. The summed E-state index contributed by atoms with van der Waals surface area (Å²) in [4.78, 5) is 10.6. The molecular weight excluding hydrogens is 174 g/mol. The predicted octanol–water partition coefficient (Wildman–Crippen LogP) is 0.680. The molecule has 2 atom stereocenters. The molecule has 2 aliphatic rings. The SMILES string of the molecule is O=C(O)C1CC2CSCC=C2N1. The van der Waals surface area contributed by atoms with E-state index in [1.807, 2.05) is 11.8 Å². The molecule has 0 spiro atoms. The van der Waals surface area contributed by atoms with Crippen molar-refractivity contribution in [3.63, 3.8) is 0 Å². The summed E-state index contributed by atoms with van der Waals surface area (Å²) in [6, 6.07) is -0.347. The van der Waals surface area contributed by atoms with Gasteiger partial charge in [0.1, 0.15) is 6.04 Å². The van der Waals surface area contributed by atoms with Gasteiger partial charge in [0.2, 0.25) is 0 Å². The number of hydrogen-bond donors (Lipinski definition) is 2. The molecule has 0 bridgehead atoms. The van der Waals surface area contributed by atoms with Crippen LogP contribution in [0.4, 0.5) is 0 Å². The maximum Gasteiger partial charge on any atom is 0.326 e. The van der Waals surface area contributed by atoms with E-state index < -0.39 is 5.97 Å². The van der Waals surface area contributed by atoms with E-state index in [9.17, 15) is 4.79 Å². The minimum Gasteiger partial charge on any atom is -0.480 e. The van der Waals surface area contributed by atoms with Gasteiger partial charge in [-0.2, -0.15) is 11.8 Å². The number of rotatable bonds is 1. The normalized spacial score (nSPS) is 33.5. The van der Waals surface area contributed by atoms with Crippen LogP contribution in [0.3, 0.4) is 0 Å². The quantitative estimate of drug-likeness (QED) is 0.630. The highest BCUT2D eigenvalue weighted by Crippen LogP contribution is 2.31. The van der Waals surface area contributed by atoms with Crippen LogP contribution in [-0.2, 0) is 4.79 Å². The molecule has 0 aliphatic carbocycles. The van der Waals surface area contributed by atoms with E-state index in [2.05, 4.69) is 11.4 Å². The molecule has 0 saturated carbocycles. The average Bonchev–Trinajstić information content (AvgIpc) is 2.46. The highest BCUT2D eigenvalue weighted by molar-refractivity contribution is 7.99. The van der Waals surface area contributed by atoms with Crippen molar-refractivity contribution < 1.29 is 9.90 Å². The zero-order valence-corrected chi connectivity index (χ0v) is 7.43. The maximum atomic E-state index is 10.6. The highest BCUT2D eigenvalue weighted by atomic mass is 32.2. The van der Waals surface area contributed by atoms with E-state index in [4.69, 9.17) is 5.11 Å². The molecule has 1 fully saturated rings. The number of carboxylic acid groups (broad SMARTS) is 1. The fourth-order valence-electron chi connectivity index (χ4n) is 1.69. The molecule has 66 valence electrons. The van der Waals surface area contributed by atoms with Gasteiger partial charge in [0.15, 0.2) is 0 Å². The number of fused-ring (bicyclic) bond motifs is 1. The molecule has 0 aromatic heterocycles. The minimum atomic E-state index is -0.727. The van der Waals surface area contributed by atoms with Crippen LogP contribution in [0.25, 0.3) is 0 Å². The fourth-order valence-corrected chi connectivity index (χ4v) is 2.73. The molecule has 2 unspecified atom stereocenters. The molecule has 0 aromatic rings. The van der Waals surface area contributed by atoms with Gasteiger partial charge in [-0.05, 0) is 6.42 Å². The third-order valence-electron chi connectivity index (χ3n) is 2.34. The lowest BCUT2D eigenvalue weighted by atomic mass is 10.1. The lowest BCUT2D eigenvalue weighted by Gasteiger charge is -2.14. The van der Waals surface area contributed by atoms with Crippen LogP contribution in [-0.4, -0.2) is 28.6 Å². The molecule has 12 heavy (non-hydrogen) atoms. The summed E-state index contributed by atoms with van der Waals surface area (Å²) in [5.74, 6) is 1.83. The van der Waals surface area contributed by atoms with Crippen LogP contribution >= 0.6 is 11.8 Å². The Morgan fingerprint density at radius 1 is 1.75 bits per heavy atom. The Morgan fingerprint density at radius 3 is 3.25 bits per heavy atom. The first-order valence-corrected chi connectivity index (χ1v) is 5.20. The van der Waals surface area contributed by atoms with Crippen molar-refractivity contribution in [1.29, 1.82) is 0 Å². The van der Waals surface area contributed by atoms with E-state index >= 15 is 0 Å². The van der Waals surface area contributed by atoms with Crippen molar-refractivity contribution in [3.8, 4) is 0 Å². The number of thioether (sulfide) groups is 1. The van der Waals surface area contributed by atoms with E-state index in [-0.39, 0.29) is 6.04 Å². The molecule has 4 heteroatoms. The first-order chi connectivity index (χ1) is 5.77. The van der Waals surface area contributed by atoms with Crippen molar-refractivity contribution in [3.05, 3.63) is 11.8 Å². The Labute approximate surface area is 75.2 Å². The minimum absolute atomic E-state index is 0.347. The first kappa shape index (κ1) is 7.98. The molecule has 2 N–H and O–H groups in total. The van der Waals surface area contributed by atoms with Crippen LogP contribution in [0.1, 0.15) is 6.42 Å². The number of aliphatic carboxylic acids is 1. The lowest BCUT2D eigenvalue weighted by molar-refractivity contribution is -0.139. The van der Waals surface area contributed by atoms with Gasteiger partial charge >= 0.3 is 5.97 Å². The van der Waals surface area contributed by atoms with Crippen molar-refractivity contribution in [2.45, 2.75) is 12.5 Å². The summed E-state index contributed by atoms with van der Waals surface area (Å²) in [6.45, 7) is 0. The van der Waals surface area contributed by atoms with Crippen LogP contribution in [0, 0.1) is 5.92 Å². The third-order valence-corrected chi connectivity index (χ3v) is 3.38. The van der Waals surface area contributed by atoms with Gasteiger partial charge in [0, 0.05) is 23.1 Å². The van der Waals surface area contributed by atoms with E-state index in [0.29, 0.717) is 5.92 Å². The summed E-state index contributed by atoms with van der Waals surface area (Å²) in [6.07, 6.45) is 2.87. The summed E-state index contributed by atoms with van der Waals surface area (Å²) in [5.41, 5.74) is 1.15. The Bertz CT molecular complexity index is 239. The average molecular weight is 185 g/mol. The van der Waals surface area contributed by atoms with Crippen molar-refractivity contribution in [2.75, 3.05) is 11.5 Å². The van der Waals surface area contributed by atoms with E-state index in [0.717, 1.165) is 23.6 Å². The van der Waals surface area contributed by atoms with E-state index in [1.54, 1.807) is 0 Å². The van der Waals surface area contributed by atoms with Gasteiger partial charge in [0.05, 0.1) is 0 Å². The lowest BCUT2D eigenvalue weighted by Crippen LogP contribution is -2.29. The standard InChI is InChI=1S/C8H11NO2S/c10-8(11)7-3-5-4-12-2-1-6(5)9-7/h1,5,7,9H,2-4H2,(H,10,11). The molecule has 2 aliphatic heterocycles. The van der Waals surface area contributed by atoms with Crippen molar-refractivity contribution >= 4 is 17.7 Å². The summed E-state index contributed by atoms with van der Waals surface area (Å²) < 4.78 is 0. The summed E-state index contributed by atoms with van der Waals surface area (Å²) in [5, 5.41) is 11.8. The van der Waals surface area contributed by atoms with Gasteiger partial charge in [-0.25, -0.2) is 4.79 Å². The predicted molar refractivity (Wildman–Crippen MR) is 48.1 cm³/mol. The number of hydrogen-bond acceptors (Lipinski definition) is 3. The number of carbonyl (C=O) groups is 1. The Hall–Kier alpha value is -0.640. The van der Waals surface area contributed by atoms with Crippen molar-refractivity contribution in [1.82, 2.24) is 5.32 Å². The highest BCUT2D eigenvalue weighted by Gasteiger charge is 2.33. The van der Waals surface area contributed by atoms with Crippen molar-refractivity contribution in [2.24, 2.45) is 5.92 Å². The summed E-state index contributed by atoms with van der Waals surface area (Å²) in [7, 11) is 0. The molecule has 0 aromatic carbocycles. The zero-order valence-electron chi connectivity index (χ0n) is 6.62. The molecule has 2 rings (SSSR count). The maximum absolute atomic E-state index is 10.6. The molecular formula is C8H11NO2S. The van der Waals surface area contributed by atoms with E-state index in [1.165, 1.54) is 0 Å². The van der Waals surface area contributed by atoms with Crippen LogP contribution in [0.2, 0.25) is 0 Å². The second kappa shape index (κ2) is 3.01. The smallest absolute Gasteiger partial charge is 0.326 e. The Balaban J connectivity index is 2.09. The van der Waals surface area contributed by atoms with Crippen LogP contribution in [0.15, 0.2) is 11.8 Å². The topological polar surface area (TPSA) is 49.3 Å². The largest absolute Gasteiger partial charge is 0.480 e. The zero-order chi connectivity index (χ0) is 8.55. The fraction of sp³-hybridized carbons (Fsp3) is 0.625. The first-order valence-electron chi connectivity index (χ1n) is 4.04. The molecule has 0 radical (unpaired) electrons. The monoisotopic (exact) mass is 185 g/mol. The number of carboxylic acids is 1. The van der Waals surface area contributed by atoms with Gasteiger partial charge < -0.3 is 10.4 Å². The van der Waals surface area contributed by atoms with Gasteiger partial charge in [-0.15, -0.1) is 0 Å². The number of allylic oxidation sites excluding steroid dienone is 1. The van der Waals surface area contributed by atoms with Gasteiger partial charge in [0.25, 0.3) is 0 Å². The molecule has 3 nitrogen and oxygen atoms in total. The number of nitrogens with one attached hydrogen (secondary N) is 1. The Morgan fingerprint density at radius 2 is 2.58 bits per heavy atom. The van der Waals surface area contributed by atoms with Crippen LogP contribution < -0.4 is 5.32 Å². The molecule has 2 heterocycles. The second-order valence-electron chi connectivity index (χ2n) is 3.16. The van der Waals surface area contributed by atoms with Gasteiger partial charge in [-0.1, -0.05) is 6.08 Å². The molecule has 1 saturated heterocycles. The van der Waals surface area contributed by atoms with Crippen LogP contribution in [0.5, 0.6) is 0 Å². The summed E-state index contributed by atoms with van der Waals surface area (Å²) >= 11 is 1.88. The van der Waals surface area contributed by atoms with Gasteiger partial charge in [-0.3, -0.25) is 0 Å². The third kappa shape index (κ3) is 1.31. The second-order valence-corrected chi connectivity index (χ2v) is 4.24. The molecule has 0 amide bonds.